The molecule has 0 aromatic heterocycles. The van der Waals surface area contributed by atoms with E-state index in [1.165, 1.54) is 0 Å². The van der Waals surface area contributed by atoms with Crippen molar-refractivity contribution in [2.45, 2.75) is 18.6 Å². The van der Waals surface area contributed by atoms with E-state index >= 15 is 0 Å². The predicted molar refractivity (Wildman–Crippen MR) is 58.0 cm³/mol. The molecule has 3 nitrogen and oxygen atoms in total. The predicted octanol–water partition coefficient (Wildman–Crippen LogP) is 0.923. The lowest BCUT2D eigenvalue weighted by molar-refractivity contribution is 0.671. The average molecular weight is 189 g/mol. The third kappa shape index (κ3) is 4.49. The number of thioether (sulfide) groups is 1. The highest BCUT2D eigenvalue weighted by Gasteiger charge is 2.15. The molecule has 0 spiro atoms. The molecule has 12 heavy (non-hydrogen) atoms. The Morgan fingerprint density at radius 2 is 2.08 bits per heavy atom. The zero-order valence-corrected chi connectivity index (χ0v) is 9.38. The first kappa shape index (κ1) is 11.6. The molecule has 0 atom stereocenters. The van der Waals surface area contributed by atoms with Crippen molar-refractivity contribution < 1.29 is 0 Å². The van der Waals surface area contributed by atoms with Gasteiger partial charge in [-0.15, -0.1) is 0 Å². The summed E-state index contributed by atoms with van der Waals surface area (Å²) in [5, 5.41) is 6.21. The maximum atomic E-state index is 4.03. The Morgan fingerprint density at radius 3 is 2.42 bits per heavy atom. The van der Waals surface area contributed by atoms with Crippen molar-refractivity contribution in [3.8, 4) is 0 Å². The van der Waals surface area contributed by atoms with E-state index in [1.54, 1.807) is 7.05 Å². The molecule has 72 valence electrons. The quantitative estimate of drug-likeness (QED) is 0.512. The number of nitrogens with zero attached hydrogens (tertiary/aromatic N) is 1. The first-order valence-corrected chi connectivity index (χ1v) is 5.22. The van der Waals surface area contributed by atoms with E-state index in [-0.39, 0.29) is 4.75 Å². The number of hydrogen-bond acceptors (Lipinski definition) is 2. The van der Waals surface area contributed by atoms with Gasteiger partial charge in [-0.05, 0) is 20.1 Å². The minimum atomic E-state index is 0.257. The zero-order chi connectivity index (χ0) is 9.61. The van der Waals surface area contributed by atoms with E-state index in [2.05, 4.69) is 35.7 Å². The van der Waals surface area contributed by atoms with E-state index in [9.17, 15) is 0 Å². The van der Waals surface area contributed by atoms with Gasteiger partial charge < -0.3 is 10.6 Å². The molecule has 4 heteroatoms. The van der Waals surface area contributed by atoms with Gasteiger partial charge in [0.2, 0.25) is 0 Å². The highest BCUT2D eigenvalue weighted by Crippen LogP contribution is 2.19. The maximum Gasteiger partial charge on any atom is 0.190 e. The van der Waals surface area contributed by atoms with E-state index in [4.69, 9.17) is 0 Å². The van der Waals surface area contributed by atoms with Gasteiger partial charge in [-0.25, -0.2) is 0 Å². The van der Waals surface area contributed by atoms with Crippen molar-refractivity contribution in [2.24, 2.45) is 4.99 Å². The van der Waals surface area contributed by atoms with Crippen molar-refractivity contribution in [2.75, 3.05) is 26.9 Å². The van der Waals surface area contributed by atoms with Gasteiger partial charge in [0.25, 0.3) is 0 Å². The molecule has 0 rings (SSSR count). The third-order valence-corrected chi connectivity index (χ3v) is 2.94. The Labute approximate surface area is 79.4 Å². The first-order chi connectivity index (χ1) is 5.55. The molecule has 0 heterocycles. The summed E-state index contributed by atoms with van der Waals surface area (Å²) < 4.78 is 0.257. The van der Waals surface area contributed by atoms with Crippen LogP contribution >= 0.6 is 11.8 Å². The molecule has 0 aromatic carbocycles. The average Bonchev–Trinajstić information content (AvgIpc) is 2.06. The van der Waals surface area contributed by atoms with Crippen molar-refractivity contribution in [1.29, 1.82) is 0 Å². The lowest BCUT2D eigenvalue weighted by Crippen LogP contribution is -2.41. The molecule has 0 fully saturated rings. The SMILES string of the molecule is CN=C(NC)NCC(C)(C)SC. The summed E-state index contributed by atoms with van der Waals surface area (Å²) in [5.74, 6) is 0.845. The highest BCUT2D eigenvalue weighted by atomic mass is 32.2. The minimum Gasteiger partial charge on any atom is -0.359 e. The molecule has 0 saturated carbocycles. The molecule has 0 bridgehead atoms. The second-order valence-electron chi connectivity index (χ2n) is 3.14. The molecule has 2 N–H and O–H groups in total. The Balaban J connectivity index is 3.81. The van der Waals surface area contributed by atoms with Crippen LogP contribution in [0.1, 0.15) is 13.8 Å². The Kier molecular flexibility index (Phi) is 5.13. The van der Waals surface area contributed by atoms with E-state index in [1.807, 2.05) is 18.8 Å². The van der Waals surface area contributed by atoms with Crippen molar-refractivity contribution >= 4 is 17.7 Å². The van der Waals surface area contributed by atoms with Gasteiger partial charge in [-0.1, -0.05) is 0 Å². The number of rotatable bonds is 3. The molecule has 0 aliphatic heterocycles. The van der Waals surface area contributed by atoms with E-state index < -0.39 is 0 Å². The topological polar surface area (TPSA) is 36.4 Å². The fourth-order valence-corrected chi connectivity index (χ4v) is 0.865. The summed E-state index contributed by atoms with van der Waals surface area (Å²) in [6, 6.07) is 0. The van der Waals surface area contributed by atoms with Gasteiger partial charge in [0.05, 0.1) is 0 Å². The van der Waals surface area contributed by atoms with Crippen LogP contribution in [0.15, 0.2) is 4.99 Å². The number of hydrogen-bond donors (Lipinski definition) is 2. The van der Waals surface area contributed by atoms with Crippen molar-refractivity contribution in [1.82, 2.24) is 10.6 Å². The number of nitrogens with one attached hydrogen (secondary N) is 2. The molecular weight excluding hydrogens is 170 g/mol. The summed E-state index contributed by atoms with van der Waals surface area (Å²) in [6.45, 7) is 5.32. The number of aliphatic imine (C=N–C) groups is 1. The maximum absolute atomic E-state index is 4.03. The van der Waals surface area contributed by atoms with Gasteiger partial charge in [-0.2, -0.15) is 11.8 Å². The normalized spacial score (nSPS) is 12.9. The largest absolute Gasteiger partial charge is 0.359 e. The standard InChI is InChI=1S/C8H19N3S/c1-8(2,12-5)6-11-7(9-3)10-4/h6H2,1-5H3,(H2,9,10,11). The minimum absolute atomic E-state index is 0.257. The molecule has 0 unspecified atom stereocenters. The van der Waals surface area contributed by atoms with Gasteiger partial charge in [-0.3, -0.25) is 4.99 Å². The first-order valence-electron chi connectivity index (χ1n) is 3.99. The van der Waals surface area contributed by atoms with Crippen LogP contribution in [0.5, 0.6) is 0 Å². The second-order valence-corrected chi connectivity index (χ2v) is 4.65. The van der Waals surface area contributed by atoms with Crippen molar-refractivity contribution in [3.05, 3.63) is 0 Å². The van der Waals surface area contributed by atoms with Crippen LogP contribution in [0.4, 0.5) is 0 Å². The summed E-state index contributed by atoms with van der Waals surface area (Å²) in [6.07, 6.45) is 2.11. The fraction of sp³-hybridized carbons (Fsp3) is 0.875. The lowest BCUT2D eigenvalue weighted by Gasteiger charge is -2.23. The van der Waals surface area contributed by atoms with Gasteiger partial charge in [0, 0.05) is 25.4 Å². The summed E-state index contributed by atoms with van der Waals surface area (Å²) in [5.41, 5.74) is 0. The van der Waals surface area contributed by atoms with Gasteiger partial charge in [0.15, 0.2) is 5.96 Å². The number of guanidine groups is 1. The smallest absolute Gasteiger partial charge is 0.190 e. The zero-order valence-electron chi connectivity index (χ0n) is 8.56. The molecule has 0 aliphatic carbocycles. The Morgan fingerprint density at radius 1 is 1.50 bits per heavy atom. The van der Waals surface area contributed by atoms with Crippen LogP contribution in [0.25, 0.3) is 0 Å². The van der Waals surface area contributed by atoms with Crippen LogP contribution in [-0.2, 0) is 0 Å². The summed E-state index contributed by atoms with van der Waals surface area (Å²) >= 11 is 1.84. The van der Waals surface area contributed by atoms with Crippen LogP contribution in [0.2, 0.25) is 0 Å². The summed E-state index contributed by atoms with van der Waals surface area (Å²) in [4.78, 5) is 4.03. The third-order valence-electron chi connectivity index (χ3n) is 1.69. The van der Waals surface area contributed by atoms with Crippen LogP contribution in [0.3, 0.4) is 0 Å². The highest BCUT2D eigenvalue weighted by molar-refractivity contribution is 7.99. The lowest BCUT2D eigenvalue weighted by atomic mass is 10.2. The second kappa shape index (κ2) is 5.30. The van der Waals surface area contributed by atoms with Crippen LogP contribution in [-0.4, -0.2) is 37.6 Å². The van der Waals surface area contributed by atoms with Crippen LogP contribution < -0.4 is 10.6 Å². The molecule has 0 aliphatic rings. The molecule has 0 radical (unpaired) electrons. The molecule has 0 saturated heterocycles. The molecular formula is C8H19N3S. The Hall–Kier alpha value is -0.380. The van der Waals surface area contributed by atoms with Gasteiger partial charge in [0.1, 0.15) is 0 Å². The summed E-state index contributed by atoms with van der Waals surface area (Å²) in [7, 11) is 3.63. The Bertz CT molecular complexity index is 154. The van der Waals surface area contributed by atoms with E-state index in [0.717, 1.165) is 12.5 Å². The molecule has 0 amide bonds. The van der Waals surface area contributed by atoms with Gasteiger partial charge >= 0.3 is 0 Å². The van der Waals surface area contributed by atoms with E-state index in [0.29, 0.717) is 0 Å². The van der Waals surface area contributed by atoms with Crippen LogP contribution in [0, 0.1) is 0 Å². The molecule has 0 aromatic rings. The fourth-order valence-electron chi connectivity index (χ4n) is 0.648. The monoisotopic (exact) mass is 189 g/mol. The van der Waals surface area contributed by atoms with Crippen molar-refractivity contribution in [3.63, 3.8) is 0 Å².